The van der Waals surface area contributed by atoms with E-state index in [0.29, 0.717) is 17.8 Å². The predicted molar refractivity (Wildman–Crippen MR) is 61.9 cm³/mol. The molecule has 0 fully saturated rings. The molecule has 0 aromatic carbocycles. The molecule has 0 radical (unpaired) electrons. The Kier molecular flexibility index (Phi) is 2.04. The Balaban J connectivity index is 2.18. The second-order valence-corrected chi connectivity index (χ2v) is 5.20. The molecule has 0 saturated carbocycles. The molecule has 3 rings (SSSR count). The Hall–Kier alpha value is -1.36. The molecule has 1 N–H and O–H groups in total. The number of rotatable bonds is 0. The molecule has 1 aromatic rings. The number of carbonyl (C=O) groups excluding carboxylic acids is 2. The number of aryl methyl sites for hydroxylation is 1. The van der Waals surface area contributed by atoms with Crippen molar-refractivity contribution in [2.45, 2.75) is 25.8 Å². The van der Waals surface area contributed by atoms with Crippen LogP contribution in [-0.2, 0) is 11.2 Å². The molecule has 0 saturated heterocycles. The number of amides is 2. The smallest absolute Gasteiger partial charge is 0.263 e. The van der Waals surface area contributed by atoms with Crippen LogP contribution in [0.5, 0.6) is 0 Å². The van der Waals surface area contributed by atoms with Crippen LogP contribution in [0.25, 0.3) is 0 Å². The van der Waals surface area contributed by atoms with E-state index in [2.05, 4.69) is 5.32 Å². The molecule has 5 heteroatoms. The summed E-state index contributed by atoms with van der Waals surface area (Å²) in [5, 5.41) is 4.90. The third-order valence-electron chi connectivity index (χ3n) is 3.06. The van der Waals surface area contributed by atoms with Crippen LogP contribution in [0.3, 0.4) is 0 Å². The van der Waals surface area contributed by atoms with E-state index in [0.717, 1.165) is 17.7 Å². The van der Waals surface area contributed by atoms with Crippen LogP contribution in [0.4, 0.5) is 5.69 Å². The molecule has 1 aromatic heterocycles. The van der Waals surface area contributed by atoms with Crippen molar-refractivity contribution in [2.24, 2.45) is 0 Å². The quantitative estimate of drug-likeness (QED) is 0.735. The van der Waals surface area contributed by atoms with Gasteiger partial charge in [0.05, 0.1) is 5.69 Å². The van der Waals surface area contributed by atoms with Crippen molar-refractivity contribution in [3.05, 3.63) is 15.8 Å². The summed E-state index contributed by atoms with van der Waals surface area (Å²) >= 11 is 1.44. The molecule has 4 nitrogen and oxygen atoms in total. The van der Waals surface area contributed by atoms with E-state index in [1.807, 2.05) is 12.3 Å². The summed E-state index contributed by atoms with van der Waals surface area (Å²) in [6.07, 6.45) is 1.33. The largest absolute Gasteiger partial charge is 0.347 e. The molecule has 2 aliphatic rings. The van der Waals surface area contributed by atoms with E-state index >= 15 is 0 Å². The first-order chi connectivity index (χ1) is 7.66. The van der Waals surface area contributed by atoms with Gasteiger partial charge in [0.1, 0.15) is 4.88 Å². The molecule has 16 heavy (non-hydrogen) atoms. The van der Waals surface area contributed by atoms with Crippen LogP contribution in [0, 0.1) is 0 Å². The molecular weight excluding hydrogens is 224 g/mol. The van der Waals surface area contributed by atoms with Crippen LogP contribution in [0.1, 0.15) is 28.6 Å². The zero-order valence-corrected chi connectivity index (χ0v) is 9.76. The minimum Gasteiger partial charge on any atom is -0.347 e. The maximum atomic E-state index is 11.9. The normalized spacial score (nSPS) is 23.8. The first-order valence-corrected chi connectivity index (χ1v) is 6.26. The lowest BCUT2D eigenvalue weighted by Gasteiger charge is -2.27. The van der Waals surface area contributed by atoms with Crippen molar-refractivity contribution >= 4 is 28.8 Å². The van der Waals surface area contributed by atoms with Crippen LogP contribution in [0.15, 0.2) is 5.38 Å². The van der Waals surface area contributed by atoms with Gasteiger partial charge in [-0.05, 0) is 24.3 Å². The fourth-order valence-electron chi connectivity index (χ4n) is 2.33. The number of hydrogen-bond donors (Lipinski definition) is 1. The highest BCUT2D eigenvalue weighted by atomic mass is 32.1. The summed E-state index contributed by atoms with van der Waals surface area (Å²) in [5.74, 6) is 0.0893. The van der Waals surface area contributed by atoms with Gasteiger partial charge in [0, 0.05) is 19.0 Å². The topological polar surface area (TPSA) is 49.4 Å². The fourth-order valence-corrected chi connectivity index (χ4v) is 3.33. The average Bonchev–Trinajstić information content (AvgIpc) is 2.60. The summed E-state index contributed by atoms with van der Waals surface area (Å²) in [6.45, 7) is 2.51. The lowest BCUT2D eigenvalue weighted by molar-refractivity contribution is -0.118. The van der Waals surface area contributed by atoms with Gasteiger partial charge in [0.15, 0.2) is 0 Å². The van der Waals surface area contributed by atoms with E-state index in [4.69, 9.17) is 0 Å². The molecule has 0 spiro atoms. The summed E-state index contributed by atoms with van der Waals surface area (Å²) in [4.78, 5) is 26.2. The molecule has 84 valence electrons. The van der Waals surface area contributed by atoms with Crippen molar-refractivity contribution in [3.63, 3.8) is 0 Å². The summed E-state index contributed by atoms with van der Waals surface area (Å²) in [5.41, 5.74) is 2.01. The minimum absolute atomic E-state index is 0.0157. The van der Waals surface area contributed by atoms with Crippen LogP contribution >= 0.6 is 11.3 Å². The average molecular weight is 236 g/mol. The highest BCUT2D eigenvalue weighted by molar-refractivity contribution is 7.13. The number of nitrogens with one attached hydrogen (secondary N) is 1. The summed E-state index contributed by atoms with van der Waals surface area (Å²) < 4.78 is 0. The lowest BCUT2D eigenvalue weighted by atomic mass is 10.0. The number of carbonyl (C=O) groups is 2. The molecule has 0 unspecified atom stereocenters. The van der Waals surface area contributed by atoms with Gasteiger partial charge in [-0.25, -0.2) is 0 Å². The third kappa shape index (κ3) is 1.28. The maximum Gasteiger partial charge on any atom is 0.263 e. The van der Waals surface area contributed by atoms with Crippen molar-refractivity contribution < 1.29 is 9.59 Å². The first kappa shape index (κ1) is 9.84. The SMILES string of the molecule is C[C@H]1CN2C(=O)CCc3csc(c32)C(=O)N1. The Morgan fingerprint density at radius 1 is 1.44 bits per heavy atom. The fraction of sp³-hybridized carbons (Fsp3) is 0.455. The monoisotopic (exact) mass is 236 g/mol. The Morgan fingerprint density at radius 3 is 3.06 bits per heavy atom. The van der Waals surface area contributed by atoms with E-state index in [1.165, 1.54) is 11.3 Å². The first-order valence-electron chi connectivity index (χ1n) is 5.38. The Morgan fingerprint density at radius 2 is 2.25 bits per heavy atom. The zero-order valence-electron chi connectivity index (χ0n) is 8.95. The molecule has 3 heterocycles. The van der Waals surface area contributed by atoms with Gasteiger partial charge in [0.2, 0.25) is 5.91 Å². The van der Waals surface area contributed by atoms with Crippen molar-refractivity contribution in [1.82, 2.24) is 5.32 Å². The number of nitrogens with zero attached hydrogens (tertiary/aromatic N) is 1. The lowest BCUT2D eigenvalue weighted by Crippen LogP contribution is -2.42. The van der Waals surface area contributed by atoms with Crippen LogP contribution < -0.4 is 10.2 Å². The summed E-state index contributed by atoms with van der Waals surface area (Å²) in [6, 6.07) is 0.0157. The zero-order chi connectivity index (χ0) is 11.3. The highest BCUT2D eigenvalue weighted by Crippen LogP contribution is 2.37. The maximum absolute atomic E-state index is 11.9. The van der Waals surface area contributed by atoms with Gasteiger partial charge < -0.3 is 10.2 Å². The molecule has 0 aliphatic carbocycles. The second kappa shape index (κ2) is 3.31. The number of anilines is 1. The molecular formula is C11H12N2O2S. The van der Waals surface area contributed by atoms with Crippen molar-refractivity contribution in [1.29, 1.82) is 0 Å². The third-order valence-corrected chi connectivity index (χ3v) is 4.07. The Bertz CT molecular complexity index is 480. The van der Waals surface area contributed by atoms with Gasteiger partial charge in [-0.2, -0.15) is 0 Å². The van der Waals surface area contributed by atoms with Gasteiger partial charge in [0.25, 0.3) is 5.91 Å². The molecule has 1 atom stereocenters. The van der Waals surface area contributed by atoms with Crippen LogP contribution in [-0.4, -0.2) is 24.4 Å². The predicted octanol–water partition coefficient (Wildman–Crippen LogP) is 1.16. The second-order valence-electron chi connectivity index (χ2n) is 4.32. The van der Waals surface area contributed by atoms with Gasteiger partial charge in [-0.3, -0.25) is 9.59 Å². The van der Waals surface area contributed by atoms with E-state index in [-0.39, 0.29) is 17.9 Å². The van der Waals surface area contributed by atoms with Crippen molar-refractivity contribution in [3.8, 4) is 0 Å². The summed E-state index contributed by atoms with van der Waals surface area (Å²) in [7, 11) is 0. The van der Waals surface area contributed by atoms with Crippen molar-refractivity contribution in [2.75, 3.05) is 11.4 Å². The van der Waals surface area contributed by atoms with Gasteiger partial charge in [-0.15, -0.1) is 11.3 Å². The molecule has 0 bridgehead atoms. The van der Waals surface area contributed by atoms with E-state index < -0.39 is 0 Å². The van der Waals surface area contributed by atoms with Gasteiger partial charge >= 0.3 is 0 Å². The number of thiophene rings is 1. The Labute approximate surface area is 97.2 Å². The highest BCUT2D eigenvalue weighted by Gasteiger charge is 2.34. The molecule has 2 amide bonds. The van der Waals surface area contributed by atoms with Crippen LogP contribution in [0.2, 0.25) is 0 Å². The minimum atomic E-state index is -0.0454. The van der Waals surface area contributed by atoms with Gasteiger partial charge in [-0.1, -0.05) is 0 Å². The van der Waals surface area contributed by atoms with E-state index in [1.54, 1.807) is 4.90 Å². The number of hydrogen-bond acceptors (Lipinski definition) is 3. The standard InChI is InChI=1S/C11H12N2O2S/c1-6-4-13-8(14)3-2-7-5-16-10(9(7)13)11(15)12-6/h5-6H,2-4H2,1H3,(H,12,15)/t6-/m0/s1. The van der Waals surface area contributed by atoms with E-state index in [9.17, 15) is 9.59 Å². The molecule has 2 aliphatic heterocycles.